The van der Waals surface area contributed by atoms with Crippen LogP contribution in [0.3, 0.4) is 0 Å². The minimum atomic E-state index is -0.713. The van der Waals surface area contributed by atoms with Crippen LogP contribution in [0.4, 0.5) is 11.4 Å². The van der Waals surface area contributed by atoms with Gasteiger partial charge in [0.1, 0.15) is 6.04 Å². The Kier molecular flexibility index (Phi) is 8.20. The van der Waals surface area contributed by atoms with E-state index in [1.165, 1.54) is 21.7 Å². The molecule has 1 fully saturated rings. The van der Waals surface area contributed by atoms with Crippen molar-refractivity contribution in [3.63, 3.8) is 0 Å². The van der Waals surface area contributed by atoms with Crippen molar-refractivity contribution in [2.45, 2.75) is 19.4 Å². The Hall–Kier alpha value is -3.80. The lowest BCUT2D eigenvalue weighted by Crippen LogP contribution is -2.52. The van der Waals surface area contributed by atoms with Gasteiger partial charge in [-0.2, -0.15) is 0 Å². The van der Waals surface area contributed by atoms with Gasteiger partial charge < -0.3 is 5.32 Å². The second-order valence-electron chi connectivity index (χ2n) is 8.76. The Balaban J connectivity index is 1.34. The van der Waals surface area contributed by atoms with Gasteiger partial charge in [-0.05, 0) is 61.4 Å². The largest absolute Gasteiger partial charge is 0.325 e. The number of ketones is 1. The number of anilines is 2. The predicted octanol–water partition coefficient (Wildman–Crippen LogP) is 4.93. The molecule has 5 rings (SSSR count). The molecule has 0 bridgehead atoms. The highest BCUT2D eigenvalue weighted by Crippen LogP contribution is 2.30. The SMILES string of the molecule is CC(=O)c1ccc(NC(=O)C(Cc2ccccc2)N2CON(c3cc(Cl)ccc3-n3cc(Cl)nn3)CO2)cc1. The van der Waals surface area contributed by atoms with Gasteiger partial charge >= 0.3 is 0 Å². The predicted molar refractivity (Wildman–Crippen MR) is 147 cm³/mol. The number of carbonyl (C=O) groups is 2. The molecule has 200 valence electrons. The third kappa shape index (κ3) is 6.44. The average Bonchev–Trinajstić information content (AvgIpc) is 3.38. The first-order chi connectivity index (χ1) is 18.9. The van der Waals surface area contributed by atoms with Crippen LogP contribution >= 0.6 is 23.2 Å². The van der Waals surface area contributed by atoms with Crippen LogP contribution in [0.15, 0.2) is 79.0 Å². The van der Waals surface area contributed by atoms with Gasteiger partial charge in [0.25, 0.3) is 0 Å². The molecular weight excluding hydrogens is 543 g/mol. The number of carbonyl (C=O) groups excluding carboxylic acids is 2. The first kappa shape index (κ1) is 26.8. The van der Waals surface area contributed by atoms with E-state index in [2.05, 4.69) is 15.6 Å². The molecule has 12 heteroatoms. The fourth-order valence-corrected chi connectivity index (χ4v) is 4.37. The summed E-state index contributed by atoms with van der Waals surface area (Å²) in [4.78, 5) is 37.1. The number of rotatable bonds is 8. The van der Waals surface area contributed by atoms with Gasteiger partial charge in [-0.15, -0.1) is 10.2 Å². The molecule has 1 saturated heterocycles. The number of aromatic nitrogens is 3. The van der Waals surface area contributed by atoms with Gasteiger partial charge in [0, 0.05) is 16.3 Å². The summed E-state index contributed by atoms with van der Waals surface area (Å²) >= 11 is 12.2. The lowest BCUT2D eigenvalue weighted by atomic mass is 10.0. The fraction of sp³-hybridized carbons (Fsp3) is 0.185. The Labute approximate surface area is 234 Å². The van der Waals surface area contributed by atoms with Crippen molar-refractivity contribution >= 4 is 46.3 Å². The fourth-order valence-electron chi connectivity index (χ4n) is 4.07. The van der Waals surface area contributed by atoms with Crippen molar-refractivity contribution in [3.8, 4) is 5.69 Å². The molecule has 0 radical (unpaired) electrons. The number of nitrogens with one attached hydrogen (secondary N) is 1. The van der Waals surface area contributed by atoms with Crippen LogP contribution in [0.2, 0.25) is 10.2 Å². The highest BCUT2D eigenvalue weighted by molar-refractivity contribution is 6.31. The maximum Gasteiger partial charge on any atom is 0.244 e. The number of nitrogens with zero attached hydrogens (tertiary/aromatic N) is 5. The Morgan fingerprint density at radius 3 is 2.38 bits per heavy atom. The standard InChI is InChI=1S/C27H24Cl2N6O4/c1-18(36)20-7-10-22(11-8-20)30-27(37)25(13-19-5-3-2-4-6-19)35-17-38-34(16-39-35)24-14-21(28)9-12-23(24)33-15-26(29)31-32-33/h2-12,14-15,25H,13,16-17H2,1H3,(H,30,37). The van der Waals surface area contributed by atoms with E-state index in [0.717, 1.165) is 5.56 Å². The van der Waals surface area contributed by atoms with Crippen LogP contribution in [0.5, 0.6) is 0 Å². The summed E-state index contributed by atoms with van der Waals surface area (Å²) in [5.41, 5.74) is 3.30. The van der Waals surface area contributed by atoms with Crippen molar-refractivity contribution in [2.24, 2.45) is 0 Å². The zero-order valence-corrected chi connectivity index (χ0v) is 22.3. The van der Waals surface area contributed by atoms with E-state index in [9.17, 15) is 9.59 Å². The van der Waals surface area contributed by atoms with Crippen molar-refractivity contribution < 1.29 is 19.3 Å². The summed E-state index contributed by atoms with van der Waals surface area (Å²) in [5.74, 6) is -0.333. The first-order valence-electron chi connectivity index (χ1n) is 12.0. The monoisotopic (exact) mass is 566 g/mol. The van der Waals surface area contributed by atoms with E-state index in [4.69, 9.17) is 32.9 Å². The number of amides is 1. The van der Waals surface area contributed by atoms with E-state index < -0.39 is 6.04 Å². The molecule has 1 unspecified atom stereocenters. The minimum Gasteiger partial charge on any atom is -0.325 e. The van der Waals surface area contributed by atoms with Gasteiger partial charge in [-0.3, -0.25) is 19.3 Å². The summed E-state index contributed by atoms with van der Waals surface area (Å²) in [6, 6.07) is 20.9. The maximum atomic E-state index is 13.5. The summed E-state index contributed by atoms with van der Waals surface area (Å²) < 4.78 is 1.51. The second kappa shape index (κ2) is 11.9. The normalized spacial score (nSPS) is 14.7. The molecule has 2 heterocycles. The molecule has 1 aliphatic rings. The second-order valence-corrected chi connectivity index (χ2v) is 9.58. The molecule has 39 heavy (non-hydrogen) atoms. The molecule has 1 aliphatic heterocycles. The highest BCUT2D eigenvalue weighted by atomic mass is 35.5. The van der Waals surface area contributed by atoms with Crippen molar-refractivity contribution in [3.05, 3.63) is 100 Å². The molecule has 0 aliphatic carbocycles. The van der Waals surface area contributed by atoms with Gasteiger partial charge in [0.15, 0.2) is 24.4 Å². The number of benzene rings is 3. The van der Waals surface area contributed by atoms with Crippen LogP contribution in [-0.2, 0) is 20.9 Å². The molecule has 1 N–H and O–H groups in total. The highest BCUT2D eigenvalue weighted by Gasteiger charge is 2.32. The maximum absolute atomic E-state index is 13.5. The molecule has 1 aromatic heterocycles. The molecule has 4 aromatic rings. The van der Waals surface area contributed by atoms with E-state index in [1.54, 1.807) is 48.7 Å². The third-order valence-corrected chi connectivity index (χ3v) is 6.49. The Morgan fingerprint density at radius 2 is 1.74 bits per heavy atom. The van der Waals surface area contributed by atoms with E-state index in [1.807, 2.05) is 30.3 Å². The molecule has 1 amide bonds. The van der Waals surface area contributed by atoms with E-state index >= 15 is 0 Å². The van der Waals surface area contributed by atoms with Crippen molar-refractivity contribution in [1.82, 2.24) is 20.1 Å². The summed E-state index contributed by atoms with van der Waals surface area (Å²) in [6.07, 6.45) is 1.94. The van der Waals surface area contributed by atoms with Gasteiger partial charge in [-0.1, -0.05) is 58.7 Å². The smallest absolute Gasteiger partial charge is 0.244 e. The number of hydrogen-bond donors (Lipinski definition) is 1. The van der Waals surface area contributed by atoms with E-state index in [-0.39, 0.29) is 30.3 Å². The molecule has 0 spiro atoms. The summed E-state index contributed by atoms with van der Waals surface area (Å²) in [6.45, 7) is 1.42. The van der Waals surface area contributed by atoms with Crippen LogP contribution in [0.25, 0.3) is 5.69 Å². The molecule has 10 nitrogen and oxygen atoms in total. The van der Waals surface area contributed by atoms with Crippen LogP contribution in [0.1, 0.15) is 22.8 Å². The first-order valence-corrected chi connectivity index (χ1v) is 12.8. The van der Waals surface area contributed by atoms with Gasteiger partial charge in [0.05, 0.1) is 17.6 Å². The van der Waals surface area contributed by atoms with Crippen LogP contribution in [-0.4, -0.2) is 51.3 Å². The number of hydroxylamine groups is 3. The summed E-state index contributed by atoms with van der Waals surface area (Å²) in [7, 11) is 0. The quantitative estimate of drug-likeness (QED) is 0.299. The lowest BCUT2D eigenvalue weighted by molar-refractivity contribution is -0.279. The number of hydrogen-bond acceptors (Lipinski definition) is 8. The molecule has 0 saturated carbocycles. The van der Waals surface area contributed by atoms with Crippen molar-refractivity contribution in [2.75, 3.05) is 23.8 Å². The average molecular weight is 567 g/mol. The Morgan fingerprint density at radius 1 is 0.974 bits per heavy atom. The molecule has 3 aromatic carbocycles. The van der Waals surface area contributed by atoms with Crippen LogP contribution in [0, 0.1) is 0 Å². The number of Topliss-reactive ketones (excluding diaryl/α,β-unsaturated/α-hetero) is 1. The lowest BCUT2D eigenvalue weighted by Gasteiger charge is -2.38. The third-order valence-electron chi connectivity index (χ3n) is 6.08. The minimum absolute atomic E-state index is 0.0261. The summed E-state index contributed by atoms with van der Waals surface area (Å²) in [5, 5.41) is 14.5. The van der Waals surface area contributed by atoms with Crippen LogP contribution < -0.4 is 10.4 Å². The number of halogens is 2. The molecular formula is C27H24Cl2N6O4. The van der Waals surface area contributed by atoms with Gasteiger partial charge in [-0.25, -0.2) is 9.75 Å². The zero-order valence-electron chi connectivity index (χ0n) is 20.8. The zero-order chi connectivity index (χ0) is 27.4. The van der Waals surface area contributed by atoms with Gasteiger partial charge in [0.2, 0.25) is 5.91 Å². The Bertz CT molecular complexity index is 1460. The van der Waals surface area contributed by atoms with Crippen molar-refractivity contribution in [1.29, 1.82) is 0 Å². The topological polar surface area (TPSA) is 102 Å². The van der Waals surface area contributed by atoms with E-state index in [0.29, 0.717) is 34.1 Å². The molecule has 1 atom stereocenters.